The predicted octanol–water partition coefficient (Wildman–Crippen LogP) is 2.40. The SMILES string of the molecule is CC.Cc1cnn(C2CCN(C)C2)c1C. The molecule has 0 radical (unpaired) electrons. The zero-order chi connectivity index (χ0) is 11.4. The predicted molar refractivity (Wildman–Crippen MR) is 64.2 cm³/mol. The Bertz CT molecular complexity index is 304. The average Bonchev–Trinajstić information content (AvgIpc) is 2.79. The maximum absolute atomic E-state index is 4.42. The Balaban J connectivity index is 0.000000531. The standard InChI is InChI=1S/C10H17N3.C2H6/c1-8-6-11-13(9(8)2)10-4-5-12(3)7-10;1-2/h6,10H,4-5,7H2,1-3H3;1-2H3. The lowest BCUT2D eigenvalue weighted by atomic mass is 10.2. The highest BCUT2D eigenvalue weighted by Gasteiger charge is 2.22. The van der Waals surface area contributed by atoms with Gasteiger partial charge in [-0.15, -0.1) is 0 Å². The third-order valence-electron chi connectivity index (χ3n) is 3.00. The van der Waals surface area contributed by atoms with Gasteiger partial charge in [0.1, 0.15) is 0 Å². The van der Waals surface area contributed by atoms with Crippen molar-refractivity contribution in [2.75, 3.05) is 20.1 Å². The summed E-state index contributed by atoms with van der Waals surface area (Å²) in [5, 5.41) is 4.42. The second kappa shape index (κ2) is 5.31. The minimum absolute atomic E-state index is 0.596. The number of rotatable bonds is 1. The van der Waals surface area contributed by atoms with Gasteiger partial charge in [0.2, 0.25) is 0 Å². The van der Waals surface area contributed by atoms with Crippen LogP contribution in [0.4, 0.5) is 0 Å². The molecule has 86 valence electrons. The van der Waals surface area contributed by atoms with Crippen molar-refractivity contribution in [2.24, 2.45) is 0 Å². The summed E-state index contributed by atoms with van der Waals surface area (Å²) in [6.45, 7) is 10.6. The summed E-state index contributed by atoms with van der Waals surface area (Å²) in [6, 6.07) is 0.596. The molecule has 0 bridgehead atoms. The fourth-order valence-electron chi connectivity index (χ4n) is 1.99. The van der Waals surface area contributed by atoms with Gasteiger partial charge in [0.25, 0.3) is 0 Å². The van der Waals surface area contributed by atoms with Gasteiger partial charge in [0, 0.05) is 12.2 Å². The van der Waals surface area contributed by atoms with Crippen LogP contribution in [0.2, 0.25) is 0 Å². The summed E-state index contributed by atoms with van der Waals surface area (Å²) in [6.07, 6.45) is 3.20. The molecule has 1 aliphatic heterocycles. The van der Waals surface area contributed by atoms with Gasteiger partial charge in [0.15, 0.2) is 0 Å². The summed E-state index contributed by atoms with van der Waals surface area (Å²) in [5.74, 6) is 0. The molecular formula is C12H23N3. The van der Waals surface area contributed by atoms with Gasteiger partial charge >= 0.3 is 0 Å². The van der Waals surface area contributed by atoms with E-state index in [9.17, 15) is 0 Å². The van der Waals surface area contributed by atoms with E-state index in [1.54, 1.807) is 0 Å². The highest BCUT2D eigenvalue weighted by Crippen LogP contribution is 2.21. The molecule has 0 spiro atoms. The Morgan fingerprint density at radius 3 is 2.40 bits per heavy atom. The zero-order valence-electron chi connectivity index (χ0n) is 10.6. The van der Waals surface area contributed by atoms with E-state index in [0.717, 1.165) is 6.54 Å². The third kappa shape index (κ3) is 2.59. The first-order valence-corrected chi connectivity index (χ1v) is 5.87. The smallest absolute Gasteiger partial charge is 0.0661 e. The Morgan fingerprint density at radius 1 is 1.33 bits per heavy atom. The molecule has 2 rings (SSSR count). The fraction of sp³-hybridized carbons (Fsp3) is 0.750. The molecule has 15 heavy (non-hydrogen) atoms. The van der Waals surface area contributed by atoms with Crippen molar-refractivity contribution in [1.29, 1.82) is 0 Å². The maximum Gasteiger partial charge on any atom is 0.0661 e. The Kier molecular flexibility index (Phi) is 4.33. The fourth-order valence-corrected chi connectivity index (χ4v) is 1.99. The maximum atomic E-state index is 4.42. The number of likely N-dealkylation sites (tertiary alicyclic amines) is 1. The molecule has 0 aromatic carbocycles. The van der Waals surface area contributed by atoms with Gasteiger partial charge < -0.3 is 4.90 Å². The van der Waals surface area contributed by atoms with Crippen LogP contribution in [0.25, 0.3) is 0 Å². The Labute approximate surface area is 93.1 Å². The molecule has 1 aliphatic rings. The van der Waals surface area contributed by atoms with E-state index in [2.05, 4.69) is 35.6 Å². The number of likely N-dealkylation sites (N-methyl/N-ethyl adjacent to an activating group) is 1. The summed E-state index contributed by atoms with van der Waals surface area (Å²) >= 11 is 0. The Morgan fingerprint density at radius 2 is 2.00 bits per heavy atom. The molecule has 0 aliphatic carbocycles. The van der Waals surface area contributed by atoms with Crippen molar-refractivity contribution in [3.05, 3.63) is 17.5 Å². The lowest BCUT2D eigenvalue weighted by Crippen LogP contribution is -2.17. The molecule has 1 atom stereocenters. The second-order valence-electron chi connectivity index (χ2n) is 4.06. The molecule has 1 fully saturated rings. The number of hydrogen-bond acceptors (Lipinski definition) is 2. The van der Waals surface area contributed by atoms with E-state index in [1.807, 2.05) is 20.0 Å². The monoisotopic (exact) mass is 209 g/mol. The van der Waals surface area contributed by atoms with Crippen LogP contribution in [-0.4, -0.2) is 34.8 Å². The van der Waals surface area contributed by atoms with E-state index in [1.165, 1.54) is 24.2 Å². The molecule has 2 heterocycles. The highest BCUT2D eigenvalue weighted by molar-refractivity contribution is 5.14. The van der Waals surface area contributed by atoms with Crippen LogP contribution in [0.1, 0.15) is 37.6 Å². The van der Waals surface area contributed by atoms with Gasteiger partial charge in [-0.05, 0) is 39.4 Å². The molecule has 1 saturated heterocycles. The Hall–Kier alpha value is -0.830. The lowest BCUT2D eigenvalue weighted by molar-refractivity contribution is 0.379. The molecule has 3 nitrogen and oxygen atoms in total. The quantitative estimate of drug-likeness (QED) is 0.708. The minimum atomic E-state index is 0.596. The van der Waals surface area contributed by atoms with Gasteiger partial charge in [-0.3, -0.25) is 4.68 Å². The first-order chi connectivity index (χ1) is 7.18. The second-order valence-corrected chi connectivity index (χ2v) is 4.06. The molecule has 1 aromatic rings. The van der Waals surface area contributed by atoms with E-state index in [4.69, 9.17) is 0 Å². The first-order valence-electron chi connectivity index (χ1n) is 5.87. The number of hydrogen-bond donors (Lipinski definition) is 0. The van der Waals surface area contributed by atoms with Crippen LogP contribution < -0.4 is 0 Å². The lowest BCUT2D eigenvalue weighted by Gasteiger charge is -2.13. The number of nitrogens with zero attached hydrogens (tertiary/aromatic N) is 3. The van der Waals surface area contributed by atoms with Crippen LogP contribution in [0.3, 0.4) is 0 Å². The molecule has 1 unspecified atom stereocenters. The van der Waals surface area contributed by atoms with Crippen LogP contribution in [0, 0.1) is 13.8 Å². The van der Waals surface area contributed by atoms with E-state index < -0.39 is 0 Å². The van der Waals surface area contributed by atoms with E-state index in [-0.39, 0.29) is 0 Å². The average molecular weight is 209 g/mol. The van der Waals surface area contributed by atoms with Crippen molar-refractivity contribution >= 4 is 0 Å². The van der Waals surface area contributed by atoms with E-state index >= 15 is 0 Å². The largest absolute Gasteiger partial charge is 0.304 e. The number of aryl methyl sites for hydroxylation is 1. The molecule has 0 N–H and O–H groups in total. The zero-order valence-corrected chi connectivity index (χ0v) is 10.6. The van der Waals surface area contributed by atoms with Gasteiger partial charge in [-0.25, -0.2) is 0 Å². The van der Waals surface area contributed by atoms with E-state index in [0.29, 0.717) is 6.04 Å². The van der Waals surface area contributed by atoms with Crippen molar-refractivity contribution in [3.63, 3.8) is 0 Å². The molecular weight excluding hydrogens is 186 g/mol. The molecule has 0 amide bonds. The van der Waals surface area contributed by atoms with Crippen molar-refractivity contribution in [3.8, 4) is 0 Å². The third-order valence-corrected chi connectivity index (χ3v) is 3.00. The van der Waals surface area contributed by atoms with Crippen LogP contribution in [0.5, 0.6) is 0 Å². The molecule has 3 heteroatoms. The van der Waals surface area contributed by atoms with Gasteiger partial charge in [0.05, 0.1) is 12.2 Å². The summed E-state index contributed by atoms with van der Waals surface area (Å²) in [4.78, 5) is 2.36. The van der Waals surface area contributed by atoms with Crippen LogP contribution in [0.15, 0.2) is 6.20 Å². The summed E-state index contributed by atoms with van der Waals surface area (Å²) in [5.41, 5.74) is 2.62. The van der Waals surface area contributed by atoms with Crippen LogP contribution >= 0.6 is 0 Å². The van der Waals surface area contributed by atoms with Crippen molar-refractivity contribution < 1.29 is 0 Å². The normalized spacial score (nSPS) is 21.3. The minimum Gasteiger partial charge on any atom is -0.304 e. The highest BCUT2D eigenvalue weighted by atomic mass is 15.3. The summed E-state index contributed by atoms with van der Waals surface area (Å²) < 4.78 is 2.18. The first kappa shape index (κ1) is 12.2. The van der Waals surface area contributed by atoms with Gasteiger partial charge in [-0.2, -0.15) is 5.10 Å². The summed E-state index contributed by atoms with van der Waals surface area (Å²) in [7, 11) is 2.17. The number of aromatic nitrogens is 2. The van der Waals surface area contributed by atoms with Crippen molar-refractivity contribution in [2.45, 2.75) is 40.2 Å². The van der Waals surface area contributed by atoms with Crippen molar-refractivity contribution in [1.82, 2.24) is 14.7 Å². The topological polar surface area (TPSA) is 21.1 Å². The molecule has 0 saturated carbocycles. The van der Waals surface area contributed by atoms with Gasteiger partial charge in [-0.1, -0.05) is 13.8 Å². The van der Waals surface area contributed by atoms with Crippen LogP contribution in [-0.2, 0) is 0 Å². The molecule has 1 aromatic heterocycles.